The highest BCUT2D eigenvalue weighted by Crippen LogP contribution is 2.29. The molecule has 0 spiro atoms. The van der Waals surface area contributed by atoms with Crippen LogP contribution in [0.25, 0.3) is 0 Å². The largest absolute Gasteiger partial charge is 0.243 e. The molecule has 1 atom stereocenters. The van der Waals surface area contributed by atoms with E-state index in [-0.39, 0.29) is 26.6 Å². The molecule has 1 aromatic rings. The fraction of sp³-hybridized carbons (Fsp3) is 0.500. The smallest absolute Gasteiger partial charge is 0.207 e. The molecule has 3 nitrogen and oxygen atoms in total. The molecule has 1 saturated heterocycles. The molecule has 0 N–H and O–H groups in total. The highest BCUT2D eigenvalue weighted by Gasteiger charge is 2.30. The molecule has 20 heavy (non-hydrogen) atoms. The Kier molecular flexibility index (Phi) is 5.24. The minimum absolute atomic E-state index is 0.0363. The van der Waals surface area contributed by atoms with Crippen molar-refractivity contribution in [3.63, 3.8) is 0 Å². The van der Waals surface area contributed by atoms with E-state index in [0.29, 0.717) is 13.1 Å². The molecule has 0 amide bonds. The van der Waals surface area contributed by atoms with Crippen LogP contribution < -0.4 is 0 Å². The zero-order valence-electron chi connectivity index (χ0n) is 10.8. The highest BCUT2D eigenvalue weighted by atomic mass is 35.5. The molecular weight excluding hydrogens is 344 g/mol. The number of hydrogen-bond donors (Lipinski definition) is 0. The zero-order chi connectivity index (χ0) is 14.9. The number of sulfonamides is 1. The van der Waals surface area contributed by atoms with Crippen molar-refractivity contribution in [3.8, 4) is 0 Å². The topological polar surface area (TPSA) is 37.4 Å². The summed E-state index contributed by atoms with van der Waals surface area (Å²) in [5.41, 5.74) is 0.284. The van der Waals surface area contributed by atoms with Gasteiger partial charge in [0.25, 0.3) is 0 Å². The third kappa shape index (κ3) is 3.25. The van der Waals surface area contributed by atoms with E-state index in [1.54, 1.807) is 11.8 Å². The van der Waals surface area contributed by atoms with E-state index in [9.17, 15) is 12.8 Å². The van der Waals surface area contributed by atoms with Crippen molar-refractivity contribution in [3.05, 3.63) is 28.5 Å². The first-order valence-corrected chi connectivity index (χ1v) is 9.42. The van der Waals surface area contributed by atoms with Crippen molar-refractivity contribution in [1.29, 1.82) is 0 Å². The standard InChI is InChI=1S/C12H14Cl2FNO2S2/c1-8-7-16(2-3-19-8)20(17,18)10-4-9(6-13)12(14)11(15)5-10/h4-5,8H,2-3,6-7H2,1H3. The Hall–Kier alpha value is -0.0100. The molecular formula is C12H14Cl2FNO2S2. The molecule has 112 valence electrons. The van der Waals surface area contributed by atoms with E-state index in [0.717, 1.165) is 11.8 Å². The molecule has 1 aliphatic rings. The van der Waals surface area contributed by atoms with Crippen LogP contribution in [0.5, 0.6) is 0 Å². The first kappa shape index (κ1) is 16.4. The van der Waals surface area contributed by atoms with Gasteiger partial charge in [0.1, 0.15) is 5.82 Å². The fourth-order valence-electron chi connectivity index (χ4n) is 2.02. The van der Waals surface area contributed by atoms with E-state index in [4.69, 9.17) is 23.2 Å². The van der Waals surface area contributed by atoms with Gasteiger partial charge < -0.3 is 0 Å². The number of rotatable bonds is 3. The maximum Gasteiger partial charge on any atom is 0.243 e. The molecule has 8 heteroatoms. The minimum Gasteiger partial charge on any atom is -0.207 e. The quantitative estimate of drug-likeness (QED) is 0.778. The van der Waals surface area contributed by atoms with Crippen LogP contribution in [-0.2, 0) is 15.9 Å². The summed E-state index contributed by atoms with van der Waals surface area (Å²) in [6, 6.07) is 2.31. The average molecular weight is 358 g/mol. The number of benzene rings is 1. The van der Waals surface area contributed by atoms with Crippen molar-refractivity contribution in [2.24, 2.45) is 0 Å². The Morgan fingerprint density at radius 3 is 2.80 bits per heavy atom. The van der Waals surface area contributed by atoms with Gasteiger partial charge in [-0.25, -0.2) is 12.8 Å². The third-order valence-electron chi connectivity index (χ3n) is 3.06. The Balaban J connectivity index is 2.41. The molecule has 0 aromatic heterocycles. The minimum atomic E-state index is -3.70. The van der Waals surface area contributed by atoms with E-state index in [2.05, 4.69) is 0 Å². The number of hydrogen-bond acceptors (Lipinski definition) is 3. The highest BCUT2D eigenvalue weighted by molar-refractivity contribution is 8.00. The van der Waals surface area contributed by atoms with Crippen molar-refractivity contribution in [2.75, 3.05) is 18.8 Å². The summed E-state index contributed by atoms with van der Waals surface area (Å²) in [6.45, 7) is 2.82. The number of nitrogens with zero attached hydrogens (tertiary/aromatic N) is 1. The van der Waals surface area contributed by atoms with Crippen LogP contribution in [-0.4, -0.2) is 36.8 Å². The lowest BCUT2D eigenvalue weighted by Crippen LogP contribution is -2.41. The molecule has 1 aliphatic heterocycles. The second kappa shape index (κ2) is 6.40. The predicted molar refractivity (Wildman–Crippen MR) is 81.6 cm³/mol. The van der Waals surface area contributed by atoms with Gasteiger partial charge in [-0.15, -0.1) is 11.6 Å². The number of halogens is 3. The Labute approximate surface area is 132 Å². The molecule has 0 bridgehead atoms. The molecule has 2 rings (SSSR count). The van der Waals surface area contributed by atoms with Gasteiger partial charge in [-0.1, -0.05) is 18.5 Å². The molecule has 0 aliphatic carbocycles. The normalized spacial score (nSPS) is 21.1. The third-order valence-corrected chi connectivity index (χ3v) is 6.75. The van der Waals surface area contributed by atoms with E-state index in [1.165, 1.54) is 10.4 Å². The molecule has 0 radical (unpaired) electrons. The second-order valence-electron chi connectivity index (χ2n) is 4.56. The lowest BCUT2D eigenvalue weighted by atomic mass is 10.2. The molecule has 1 unspecified atom stereocenters. The van der Waals surface area contributed by atoms with Crippen molar-refractivity contribution < 1.29 is 12.8 Å². The van der Waals surface area contributed by atoms with Crippen molar-refractivity contribution in [2.45, 2.75) is 22.9 Å². The van der Waals surface area contributed by atoms with Crippen molar-refractivity contribution >= 4 is 45.0 Å². The summed E-state index contributed by atoms with van der Waals surface area (Å²) in [5, 5.41) is 0.102. The Morgan fingerprint density at radius 2 is 2.20 bits per heavy atom. The maximum absolute atomic E-state index is 13.7. The summed E-state index contributed by atoms with van der Waals surface area (Å²) in [5.74, 6) is -0.0627. The zero-order valence-corrected chi connectivity index (χ0v) is 13.9. The summed E-state index contributed by atoms with van der Waals surface area (Å²) in [6.07, 6.45) is 0. The van der Waals surface area contributed by atoms with Crippen LogP contribution >= 0.6 is 35.0 Å². The van der Waals surface area contributed by atoms with Crippen LogP contribution in [0.15, 0.2) is 17.0 Å². The summed E-state index contributed by atoms with van der Waals surface area (Å²) in [4.78, 5) is -0.0887. The van der Waals surface area contributed by atoms with E-state index >= 15 is 0 Å². The molecule has 0 saturated carbocycles. The van der Waals surface area contributed by atoms with Crippen LogP contribution in [0.4, 0.5) is 4.39 Å². The molecule has 1 aromatic carbocycles. The van der Waals surface area contributed by atoms with Gasteiger partial charge in [-0.3, -0.25) is 0 Å². The number of alkyl halides is 1. The monoisotopic (exact) mass is 357 g/mol. The van der Waals surface area contributed by atoms with Crippen LogP contribution in [0.1, 0.15) is 12.5 Å². The van der Waals surface area contributed by atoms with Gasteiger partial charge in [-0.2, -0.15) is 16.1 Å². The van der Waals surface area contributed by atoms with Gasteiger partial charge in [-0.05, 0) is 17.7 Å². The van der Waals surface area contributed by atoms with Gasteiger partial charge >= 0.3 is 0 Å². The van der Waals surface area contributed by atoms with Gasteiger partial charge in [0.2, 0.25) is 10.0 Å². The first-order valence-electron chi connectivity index (χ1n) is 6.02. The Morgan fingerprint density at radius 1 is 1.50 bits per heavy atom. The van der Waals surface area contributed by atoms with Crippen LogP contribution in [0.2, 0.25) is 5.02 Å². The summed E-state index contributed by atoms with van der Waals surface area (Å²) in [7, 11) is -3.70. The molecule has 1 fully saturated rings. The lowest BCUT2D eigenvalue weighted by molar-refractivity contribution is 0.423. The first-order chi connectivity index (χ1) is 9.36. The van der Waals surface area contributed by atoms with E-state index < -0.39 is 15.8 Å². The average Bonchev–Trinajstić information content (AvgIpc) is 2.41. The maximum atomic E-state index is 13.7. The van der Waals surface area contributed by atoms with Crippen LogP contribution in [0, 0.1) is 5.82 Å². The summed E-state index contributed by atoms with van der Waals surface area (Å²) >= 11 is 13.1. The predicted octanol–water partition coefficient (Wildman–Crippen LogP) is 3.34. The van der Waals surface area contributed by atoms with E-state index in [1.807, 2.05) is 6.92 Å². The Bertz CT molecular complexity index is 610. The van der Waals surface area contributed by atoms with Gasteiger partial charge in [0, 0.05) is 30.0 Å². The SMILES string of the molecule is CC1CN(S(=O)(=O)c2cc(F)c(Cl)c(CCl)c2)CCS1. The van der Waals surface area contributed by atoms with Gasteiger partial charge in [0.05, 0.1) is 9.92 Å². The van der Waals surface area contributed by atoms with Crippen molar-refractivity contribution in [1.82, 2.24) is 4.31 Å². The summed E-state index contributed by atoms with van der Waals surface area (Å²) < 4.78 is 40.2. The number of thioether (sulfide) groups is 1. The lowest BCUT2D eigenvalue weighted by Gasteiger charge is -2.29. The molecule has 1 heterocycles. The van der Waals surface area contributed by atoms with Crippen LogP contribution in [0.3, 0.4) is 0 Å². The van der Waals surface area contributed by atoms with Gasteiger partial charge in [0.15, 0.2) is 0 Å². The second-order valence-corrected chi connectivity index (χ2v) is 8.69. The fourth-order valence-corrected chi connectivity index (χ4v) is 5.29.